The fraction of sp³-hybridized carbons (Fsp3) is 0.0769. The number of hydrogen-bond acceptors (Lipinski definition) is 4. The number of nitrogens with one attached hydrogen (secondary N) is 1. The SMILES string of the molecule is CN(CC(=O)Nc1cccc(C=Cc2ccccn2)c1)S(=O)(=O)c1ccc2ccccc2c1. The van der Waals surface area contributed by atoms with Crippen LogP contribution in [0.15, 0.2) is 96.0 Å². The Labute approximate surface area is 193 Å². The van der Waals surface area contributed by atoms with E-state index in [9.17, 15) is 13.2 Å². The quantitative estimate of drug-likeness (QED) is 0.438. The van der Waals surface area contributed by atoms with E-state index in [1.54, 1.807) is 30.5 Å². The molecule has 0 saturated heterocycles. The van der Waals surface area contributed by atoms with Crippen LogP contribution in [-0.4, -0.2) is 37.2 Å². The van der Waals surface area contributed by atoms with Crippen molar-refractivity contribution >= 4 is 44.5 Å². The van der Waals surface area contributed by atoms with E-state index in [1.165, 1.54) is 7.05 Å². The van der Waals surface area contributed by atoms with E-state index in [2.05, 4.69) is 10.3 Å². The number of likely N-dealkylation sites (N-methyl/N-ethyl adjacent to an activating group) is 1. The molecule has 1 amide bonds. The van der Waals surface area contributed by atoms with Gasteiger partial charge in [0.05, 0.1) is 17.1 Å². The number of rotatable bonds is 7. The molecule has 0 aliphatic heterocycles. The number of carbonyl (C=O) groups excluding carboxylic acids is 1. The number of benzene rings is 3. The first-order valence-corrected chi connectivity index (χ1v) is 11.8. The predicted molar refractivity (Wildman–Crippen MR) is 132 cm³/mol. The van der Waals surface area contributed by atoms with Crippen LogP contribution in [0.5, 0.6) is 0 Å². The number of hydrogen-bond donors (Lipinski definition) is 1. The normalized spacial score (nSPS) is 11.8. The number of fused-ring (bicyclic) bond motifs is 1. The molecule has 0 aliphatic rings. The third kappa shape index (κ3) is 5.52. The molecule has 4 rings (SSSR count). The molecule has 0 saturated carbocycles. The largest absolute Gasteiger partial charge is 0.325 e. The second kappa shape index (κ2) is 9.77. The Bertz CT molecular complexity index is 1420. The standard InChI is InChI=1S/C26H23N3O3S/c1-29(33(31,32)25-15-13-21-8-2-3-9-22(21)18-25)19-26(30)28-24-11-6-7-20(17-24)12-14-23-10-4-5-16-27-23/h2-18H,19H2,1H3,(H,28,30). The van der Waals surface area contributed by atoms with Gasteiger partial charge in [0.25, 0.3) is 0 Å². The molecule has 0 aliphatic carbocycles. The van der Waals surface area contributed by atoms with Gasteiger partial charge in [-0.05, 0) is 58.8 Å². The van der Waals surface area contributed by atoms with Crippen LogP contribution in [0.2, 0.25) is 0 Å². The van der Waals surface area contributed by atoms with Gasteiger partial charge in [0.2, 0.25) is 15.9 Å². The summed E-state index contributed by atoms with van der Waals surface area (Å²) in [4.78, 5) is 17.0. The molecule has 0 bridgehead atoms. The van der Waals surface area contributed by atoms with Crippen molar-refractivity contribution in [1.29, 1.82) is 0 Å². The Morgan fingerprint density at radius 2 is 1.70 bits per heavy atom. The summed E-state index contributed by atoms with van der Waals surface area (Å²) >= 11 is 0. The van der Waals surface area contributed by atoms with Crippen molar-refractivity contribution in [2.75, 3.05) is 18.9 Å². The molecule has 166 valence electrons. The number of amides is 1. The summed E-state index contributed by atoms with van der Waals surface area (Å²) < 4.78 is 27.0. The van der Waals surface area contributed by atoms with Crippen molar-refractivity contribution in [1.82, 2.24) is 9.29 Å². The molecular formula is C26H23N3O3S. The minimum atomic E-state index is -3.81. The molecule has 0 atom stereocenters. The second-order valence-corrected chi connectivity index (χ2v) is 9.58. The van der Waals surface area contributed by atoms with Gasteiger partial charge in [-0.25, -0.2) is 8.42 Å². The number of aromatic nitrogens is 1. The van der Waals surface area contributed by atoms with Crippen LogP contribution in [-0.2, 0) is 14.8 Å². The molecule has 3 aromatic carbocycles. The van der Waals surface area contributed by atoms with Crippen molar-refractivity contribution in [3.63, 3.8) is 0 Å². The van der Waals surface area contributed by atoms with E-state index in [1.807, 2.05) is 72.8 Å². The van der Waals surface area contributed by atoms with Crippen LogP contribution in [0.1, 0.15) is 11.3 Å². The summed E-state index contributed by atoms with van der Waals surface area (Å²) in [6.45, 7) is -0.302. The van der Waals surface area contributed by atoms with E-state index >= 15 is 0 Å². The number of anilines is 1. The molecule has 0 radical (unpaired) electrons. The van der Waals surface area contributed by atoms with Gasteiger partial charge >= 0.3 is 0 Å². The van der Waals surface area contributed by atoms with Crippen molar-refractivity contribution in [3.8, 4) is 0 Å². The summed E-state index contributed by atoms with van der Waals surface area (Å²) in [7, 11) is -2.41. The Balaban J connectivity index is 1.43. The average Bonchev–Trinajstić information content (AvgIpc) is 2.83. The maximum atomic E-state index is 13.0. The first-order chi connectivity index (χ1) is 15.9. The van der Waals surface area contributed by atoms with E-state index in [4.69, 9.17) is 0 Å². The van der Waals surface area contributed by atoms with Gasteiger partial charge < -0.3 is 5.32 Å². The van der Waals surface area contributed by atoms with Crippen molar-refractivity contribution < 1.29 is 13.2 Å². The summed E-state index contributed by atoms with van der Waals surface area (Å²) in [6.07, 6.45) is 5.50. The molecule has 0 spiro atoms. The molecule has 4 aromatic rings. The van der Waals surface area contributed by atoms with Gasteiger partial charge in [0.15, 0.2) is 0 Å². The Hall–Kier alpha value is -3.81. The van der Waals surface area contributed by atoms with Crippen LogP contribution in [0.25, 0.3) is 22.9 Å². The van der Waals surface area contributed by atoms with E-state index < -0.39 is 15.9 Å². The summed E-state index contributed by atoms with van der Waals surface area (Å²) in [5.74, 6) is -0.423. The van der Waals surface area contributed by atoms with E-state index in [0.717, 1.165) is 26.3 Å². The Morgan fingerprint density at radius 3 is 2.48 bits per heavy atom. The van der Waals surface area contributed by atoms with E-state index in [0.29, 0.717) is 5.69 Å². The average molecular weight is 458 g/mol. The lowest BCUT2D eigenvalue weighted by Gasteiger charge is -2.17. The predicted octanol–water partition coefficient (Wildman–Crippen LogP) is 4.66. The zero-order chi connectivity index (χ0) is 23.3. The van der Waals surface area contributed by atoms with Crippen LogP contribution in [0, 0.1) is 0 Å². The lowest BCUT2D eigenvalue weighted by molar-refractivity contribution is -0.116. The van der Waals surface area contributed by atoms with Gasteiger partial charge in [-0.3, -0.25) is 9.78 Å². The highest BCUT2D eigenvalue weighted by atomic mass is 32.2. The van der Waals surface area contributed by atoms with E-state index in [-0.39, 0.29) is 11.4 Å². The summed E-state index contributed by atoms with van der Waals surface area (Å²) in [5, 5.41) is 4.55. The zero-order valence-electron chi connectivity index (χ0n) is 18.0. The minimum Gasteiger partial charge on any atom is -0.325 e. The number of pyridine rings is 1. The summed E-state index contributed by atoms with van der Waals surface area (Å²) in [5.41, 5.74) is 2.29. The number of nitrogens with zero attached hydrogens (tertiary/aromatic N) is 2. The highest BCUT2D eigenvalue weighted by molar-refractivity contribution is 7.89. The smallest absolute Gasteiger partial charge is 0.243 e. The second-order valence-electron chi connectivity index (χ2n) is 7.53. The van der Waals surface area contributed by atoms with Gasteiger partial charge in [0, 0.05) is 18.9 Å². The maximum Gasteiger partial charge on any atom is 0.243 e. The van der Waals surface area contributed by atoms with Crippen molar-refractivity contribution in [3.05, 3.63) is 102 Å². The molecule has 6 nitrogen and oxygen atoms in total. The van der Waals surface area contributed by atoms with Crippen LogP contribution >= 0.6 is 0 Å². The topological polar surface area (TPSA) is 79.4 Å². The Morgan fingerprint density at radius 1 is 0.909 bits per heavy atom. The van der Waals surface area contributed by atoms with Gasteiger partial charge in [-0.15, -0.1) is 0 Å². The highest BCUT2D eigenvalue weighted by Gasteiger charge is 2.23. The minimum absolute atomic E-state index is 0.151. The zero-order valence-corrected chi connectivity index (χ0v) is 18.9. The maximum absolute atomic E-state index is 13.0. The molecule has 1 aromatic heterocycles. The third-order valence-electron chi connectivity index (χ3n) is 5.10. The molecule has 33 heavy (non-hydrogen) atoms. The molecule has 0 fully saturated rings. The molecule has 0 unspecified atom stereocenters. The molecule has 7 heteroatoms. The molecule has 1 heterocycles. The van der Waals surface area contributed by atoms with Crippen molar-refractivity contribution in [2.45, 2.75) is 4.90 Å². The van der Waals surface area contributed by atoms with Crippen LogP contribution < -0.4 is 5.32 Å². The lowest BCUT2D eigenvalue weighted by Crippen LogP contribution is -2.34. The summed E-state index contributed by atoms with van der Waals surface area (Å²) in [6, 6.07) is 25.4. The van der Waals surface area contributed by atoms with Gasteiger partial charge in [-0.2, -0.15) is 4.31 Å². The fourth-order valence-corrected chi connectivity index (χ4v) is 4.53. The number of carbonyl (C=O) groups is 1. The monoisotopic (exact) mass is 457 g/mol. The first-order valence-electron chi connectivity index (χ1n) is 10.4. The third-order valence-corrected chi connectivity index (χ3v) is 6.90. The van der Waals surface area contributed by atoms with Crippen LogP contribution in [0.4, 0.5) is 5.69 Å². The molecule has 1 N–H and O–H groups in total. The number of sulfonamides is 1. The Kier molecular flexibility index (Phi) is 6.63. The van der Waals surface area contributed by atoms with Gasteiger partial charge in [-0.1, -0.05) is 54.6 Å². The lowest BCUT2D eigenvalue weighted by atomic mass is 10.1. The molecular weight excluding hydrogens is 434 g/mol. The van der Waals surface area contributed by atoms with Crippen LogP contribution in [0.3, 0.4) is 0 Å². The van der Waals surface area contributed by atoms with Gasteiger partial charge in [0.1, 0.15) is 0 Å². The van der Waals surface area contributed by atoms with Crippen molar-refractivity contribution in [2.24, 2.45) is 0 Å². The highest BCUT2D eigenvalue weighted by Crippen LogP contribution is 2.21. The fourth-order valence-electron chi connectivity index (χ4n) is 3.37. The first kappa shape index (κ1) is 22.4.